The molecule has 25 heavy (non-hydrogen) atoms. The van der Waals surface area contributed by atoms with Crippen LogP contribution in [0.15, 0.2) is 53.5 Å². The second-order valence-electron chi connectivity index (χ2n) is 6.39. The molecule has 6 nitrogen and oxygen atoms in total. The molecular weight excluding hydrogens is 319 g/mol. The van der Waals surface area contributed by atoms with Crippen molar-refractivity contribution in [1.29, 1.82) is 0 Å². The SMILES string of the molecule is CCN1C=C2NC(c3cnn(Cc4cccc(F)c4)c3)N=C2N(C)C1. The Hall–Kier alpha value is -2.83. The lowest BCUT2D eigenvalue weighted by Crippen LogP contribution is -2.42. The first-order valence-electron chi connectivity index (χ1n) is 8.41. The van der Waals surface area contributed by atoms with E-state index in [1.165, 1.54) is 12.1 Å². The molecule has 0 aliphatic carbocycles. The Balaban J connectivity index is 1.52. The number of aliphatic imine (C=N–C) groups is 1. The van der Waals surface area contributed by atoms with Gasteiger partial charge in [0.15, 0.2) is 5.84 Å². The molecule has 4 rings (SSSR count). The van der Waals surface area contributed by atoms with Gasteiger partial charge in [-0.05, 0) is 24.6 Å². The van der Waals surface area contributed by atoms with Gasteiger partial charge in [0.25, 0.3) is 0 Å². The van der Waals surface area contributed by atoms with Gasteiger partial charge < -0.3 is 15.1 Å². The third kappa shape index (κ3) is 3.09. The van der Waals surface area contributed by atoms with Crippen molar-refractivity contribution in [3.8, 4) is 0 Å². The van der Waals surface area contributed by atoms with Crippen molar-refractivity contribution >= 4 is 5.84 Å². The molecule has 2 aromatic rings. The molecule has 130 valence electrons. The lowest BCUT2D eigenvalue weighted by atomic mass is 10.2. The number of rotatable bonds is 4. The highest BCUT2D eigenvalue weighted by molar-refractivity contribution is 5.99. The second-order valence-corrected chi connectivity index (χ2v) is 6.39. The highest BCUT2D eigenvalue weighted by Crippen LogP contribution is 2.26. The summed E-state index contributed by atoms with van der Waals surface area (Å²) < 4.78 is 15.1. The fourth-order valence-corrected chi connectivity index (χ4v) is 3.18. The molecule has 1 aromatic carbocycles. The number of amidine groups is 1. The van der Waals surface area contributed by atoms with Crippen molar-refractivity contribution in [3.05, 3.63) is 65.5 Å². The van der Waals surface area contributed by atoms with E-state index in [-0.39, 0.29) is 12.0 Å². The monoisotopic (exact) mass is 340 g/mol. The Bertz CT molecular complexity index is 840. The van der Waals surface area contributed by atoms with E-state index in [1.807, 2.05) is 30.2 Å². The maximum Gasteiger partial charge on any atom is 0.152 e. The molecule has 0 bridgehead atoms. The standard InChI is InChI=1S/C18H21FN6/c1-3-24-11-16-18(23(2)12-24)22-17(21-16)14-8-20-25(10-14)9-13-5-4-6-15(19)7-13/h4-8,10-11,17,21H,3,9,12H2,1-2H3. The summed E-state index contributed by atoms with van der Waals surface area (Å²) in [5.41, 5.74) is 2.92. The zero-order valence-electron chi connectivity index (χ0n) is 14.4. The normalized spacial score (nSPS) is 19.4. The number of nitrogens with one attached hydrogen (secondary N) is 1. The number of fused-ring (bicyclic) bond motifs is 1. The van der Waals surface area contributed by atoms with Crippen molar-refractivity contribution in [3.63, 3.8) is 0 Å². The van der Waals surface area contributed by atoms with Gasteiger partial charge in [-0.2, -0.15) is 5.10 Å². The van der Waals surface area contributed by atoms with Gasteiger partial charge in [-0.1, -0.05) is 12.1 Å². The molecule has 1 N–H and O–H groups in total. The predicted molar refractivity (Wildman–Crippen MR) is 94.1 cm³/mol. The van der Waals surface area contributed by atoms with E-state index in [4.69, 9.17) is 4.99 Å². The first-order valence-corrected chi connectivity index (χ1v) is 8.41. The number of halogens is 1. The topological polar surface area (TPSA) is 48.7 Å². The second kappa shape index (κ2) is 6.23. The predicted octanol–water partition coefficient (Wildman–Crippen LogP) is 2.14. The molecular formula is C18H21FN6. The smallest absolute Gasteiger partial charge is 0.152 e. The van der Waals surface area contributed by atoms with Crippen LogP contribution >= 0.6 is 0 Å². The van der Waals surface area contributed by atoms with Gasteiger partial charge in [0.2, 0.25) is 0 Å². The minimum atomic E-state index is -0.228. The number of likely N-dealkylation sites (N-methyl/N-ethyl adjacent to an activating group) is 1. The quantitative estimate of drug-likeness (QED) is 0.926. The van der Waals surface area contributed by atoms with Crippen molar-refractivity contribution < 1.29 is 4.39 Å². The third-order valence-electron chi connectivity index (χ3n) is 4.46. The fraction of sp³-hybridized carbons (Fsp3) is 0.333. The number of aromatic nitrogens is 2. The van der Waals surface area contributed by atoms with Gasteiger partial charge in [0.05, 0.1) is 25.1 Å². The van der Waals surface area contributed by atoms with Crippen LogP contribution in [0.4, 0.5) is 4.39 Å². The summed E-state index contributed by atoms with van der Waals surface area (Å²) in [7, 11) is 2.05. The summed E-state index contributed by atoms with van der Waals surface area (Å²) in [6.45, 7) is 4.47. The van der Waals surface area contributed by atoms with E-state index >= 15 is 0 Å². The zero-order valence-corrected chi connectivity index (χ0v) is 14.4. The average molecular weight is 340 g/mol. The molecule has 3 heterocycles. The summed E-state index contributed by atoms with van der Waals surface area (Å²) >= 11 is 0. The van der Waals surface area contributed by atoms with E-state index in [0.717, 1.165) is 35.9 Å². The van der Waals surface area contributed by atoms with Crippen LogP contribution in [0.5, 0.6) is 0 Å². The van der Waals surface area contributed by atoms with Crippen LogP contribution in [-0.4, -0.2) is 45.7 Å². The van der Waals surface area contributed by atoms with Crippen LogP contribution < -0.4 is 5.32 Å². The molecule has 0 saturated heterocycles. The summed E-state index contributed by atoms with van der Waals surface area (Å²) in [5.74, 6) is 0.751. The van der Waals surface area contributed by atoms with Crippen LogP contribution in [0, 0.1) is 5.82 Å². The molecule has 0 amide bonds. The Kier molecular flexibility index (Phi) is 3.91. The largest absolute Gasteiger partial charge is 0.358 e. The Labute approximate surface area is 146 Å². The highest BCUT2D eigenvalue weighted by atomic mass is 19.1. The molecule has 0 spiro atoms. The van der Waals surface area contributed by atoms with Crippen molar-refractivity contribution in [1.82, 2.24) is 24.9 Å². The number of hydrogen-bond donors (Lipinski definition) is 1. The van der Waals surface area contributed by atoms with Crippen LogP contribution in [-0.2, 0) is 6.54 Å². The van der Waals surface area contributed by atoms with Crippen LogP contribution in [0.2, 0.25) is 0 Å². The summed E-state index contributed by atoms with van der Waals surface area (Å²) in [6.07, 6.45) is 5.76. The maximum atomic E-state index is 13.3. The van der Waals surface area contributed by atoms with Crippen LogP contribution in [0.25, 0.3) is 0 Å². The Morgan fingerprint density at radius 2 is 2.24 bits per heavy atom. The van der Waals surface area contributed by atoms with E-state index < -0.39 is 0 Å². The van der Waals surface area contributed by atoms with Gasteiger partial charge >= 0.3 is 0 Å². The number of benzene rings is 1. The molecule has 7 heteroatoms. The molecule has 2 aliphatic heterocycles. The van der Waals surface area contributed by atoms with Gasteiger partial charge in [-0.3, -0.25) is 4.68 Å². The maximum absolute atomic E-state index is 13.3. The van der Waals surface area contributed by atoms with Crippen molar-refractivity contribution in [2.75, 3.05) is 20.3 Å². The van der Waals surface area contributed by atoms with Gasteiger partial charge in [-0.15, -0.1) is 0 Å². The minimum absolute atomic E-state index is 0.137. The van der Waals surface area contributed by atoms with Crippen molar-refractivity contribution in [2.24, 2.45) is 4.99 Å². The van der Waals surface area contributed by atoms with Gasteiger partial charge in [-0.25, -0.2) is 9.38 Å². The first kappa shape index (κ1) is 15.7. The zero-order chi connectivity index (χ0) is 17.4. The van der Waals surface area contributed by atoms with E-state index in [9.17, 15) is 4.39 Å². The van der Waals surface area contributed by atoms with E-state index in [2.05, 4.69) is 33.3 Å². The van der Waals surface area contributed by atoms with E-state index in [1.54, 1.807) is 6.07 Å². The van der Waals surface area contributed by atoms with Gasteiger partial charge in [0.1, 0.15) is 12.0 Å². The molecule has 0 radical (unpaired) electrons. The van der Waals surface area contributed by atoms with E-state index in [0.29, 0.717) is 6.54 Å². The molecule has 1 atom stereocenters. The third-order valence-corrected chi connectivity index (χ3v) is 4.46. The van der Waals surface area contributed by atoms with Crippen molar-refractivity contribution in [2.45, 2.75) is 19.6 Å². The number of hydrogen-bond acceptors (Lipinski definition) is 5. The highest BCUT2D eigenvalue weighted by Gasteiger charge is 2.30. The average Bonchev–Trinajstić information content (AvgIpc) is 3.21. The Morgan fingerprint density at radius 1 is 1.36 bits per heavy atom. The molecule has 1 unspecified atom stereocenters. The van der Waals surface area contributed by atoms with Crippen LogP contribution in [0.3, 0.4) is 0 Å². The molecule has 1 aromatic heterocycles. The lowest BCUT2D eigenvalue weighted by Gasteiger charge is -2.32. The molecule has 0 saturated carbocycles. The minimum Gasteiger partial charge on any atom is -0.358 e. The molecule has 0 fully saturated rings. The van der Waals surface area contributed by atoms with Gasteiger partial charge in [0, 0.05) is 31.6 Å². The fourth-order valence-electron chi connectivity index (χ4n) is 3.18. The first-order chi connectivity index (χ1) is 12.1. The lowest BCUT2D eigenvalue weighted by molar-refractivity contribution is 0.272. The van der Waals surface area contributed by atoms with Crippen LogP contribution in [0.1, 0.15) is 24.2 Å². The Morgan fingerprint density at radius 3 is 3.04 bits per heavy atom. The summed E-state index contributed by atoms with van der Waals surface area (Å²) in [5, 5.41) is 7.85. The molecule has 2 aliphatic rings. The number of nitrogens with zero attached hydrogens (tertiary/aromatic N) is 5. The summed E-state index contributed by atoms with van der Waals surface area (Å²) in [4.78, 5) is 9.16. The summed E-state index contributed by atoms with van der Waals surface area (Å²) in [6, 6.07) is 6.59.